The second kappa shape index (κ2) is 6.58. The van der Waals surface area contributed by atoms with E-state index in [9.17, 15) is 14.7 Å². The maximum Gasteiger partial charge on any atom is 0.308 e. The molecule has 0 bridgehead atoms. The molecule has 1 unspecified atom stereocenters. The molecule has 2 fully saturated rings. The zero-order valence-electron chi connectivity index (χ0n) is 13.0. The van der Waals surface area contributed by atoms with Gasteiger partial charge in [0.2, 0.25) is 5.91 Å². The van der Waals surface area contributed by atoms with Crippen molar-refractivity contribution in [3.05, 3.63) is 29.8 Å². The van der Waals surface area contributed by atoms with Gasteiger partial charge in [-0.1, -0.05) is 12.1 Å². The van der Waals surface area contributed by atoms with E-state index in [2.05, 4.69) is 4.90 Å². The molecule has 1 amide bonds. The van der Waals surface area contributed by atoms with E-state index in [1.165, 1.54) is 0 Å². The number of carboxylic acids is 1. The molecular formula is C17H22N2O4. The van der Waals surface area contributed by atoms with Gasteiger partial charge in [0.1, 0.15) is 5.75 Å². The topological polar surface area (TPSA) is 81.1 Å². The number of carbonyl (C=O) groups excluding carboxylic acids is 1. The normalized spacial score (nSPS) is 23.4. The fourth-order valence-corrected chi connectivity index (χ4v) is 3.55. The summed E-state index contributed by atoms with van der Waals surface area (Å²) in [4.78, 5) is 27.1. The molecule has 3 rings (SSSR count). The molecule has 124 valence electrons. The summed E-state index contributed by atoms with van der Waals surface area (Å²) in [6, 6.07) is 7.42. The molecule has 0 radical (unpaired) electrons. The van der Waals surface area contributed by atoms with E-state index in [1.54, 1.807) is 17.0 Å². The van der Waals surface area contributed by atoms with E-state index in [-0.39, 0.29) is 24.1 Å². The van der Waals surface area contributed by atoms with Crippen LogP contribution in [-0.2, 0) is 16.1 Å². The van der Waals surface area contributed by atoms with Crippen LogP contribution >= 0.6 is 0 Å². The van der Waals surface area contributed by atoms with Gasteiger partial charge in [0.05, 0.1) is 5.92 Å². The Labute approximate surface area is 135 Å². The number of aliphatic carboxylic acids is 1. The number of nitrogens with zero attached hydrogens (tertiary/aromatic N) is 2. The number of phenols is 1. The molecule has 0 spiro atoms. The summed E-state index contributed by atoms with van der Waals surface area (Å²) in [5.74, 6) is -1.17. The first-order valence-corrected chi connectivity index (χ1v) is 8.05. The van der Waals surface area contributed by atoms with Crippen LogP contribution in [0.25, 0.3) is 0 Å². The van der Waals surface area contributed by atoms with Crippen molar-refractivity contribution in [2.24, 2.45) is 5.92 Å². The Bertz CT molecular complexity index is 596. The number of hydrogen-bond donors (Lipinski definition) is 2. The highest BCUT2D eigenvalue weighted by Gasteiger charge is 2.38. The Balaban J connectivity index is 1.52. The molecule has 1 atom stereocenters. The van der Waals surface area contributed by atoms with Gasteiger partial charge in [-0.15, -0.1) is 0 Å². The molecule has 0 aliphatic carbocycles. The van der Waals surface area contributed by atoms with Crippen LogP contribution in [0.15, 0.2) is 24.3 Å². The molecule has 1 aromatic carbocycles. The van der Waals surface area contributed by atoms with Crippen molar-refractivity contribution in [3.8, 4) is 5.75 Å². The molecule has 2 saturated heterocycles. The number of benzene rings is 1. The summed E-state index contributed by atoms with van der Waals surface area (Å²) in [6.45, 7) is 2.89. The number of hydrogen-bond acceptors (Lipinski definition) is 4. The number of rotatable bonds is 4. The van der Waals surface area contributed by atoms with E-state index in [4.69, 9.17) is 5.11 Å². The lowest BCUT2D eigenvalue weighted by molar-refractivity contribution is -0.141. The Morgan fingerprint density at radius 2 is 2.00 bits per heavy atom. The van der Waals surface area contributed by atoms with Gasteiger partial charge in [-0.3, -0.25) is 14.5 Å². The summed E-state index contributed by atoms with van der Waals surface area (Å²) < 4.78 is 0. The fourth-order valence-electron chi connectivity index (χ4n) is 3.55. The first-order chi connectivity index (χ1) is 11.0. The van der Waals surface area contributed by atoms with E-state index in [1.807, 2.05) is 12.1 Å². The van der Waals surface area contributed by atoms with Gasteiger partial charge >= 0.3 is 5.97 Å². The number of phenolic OH excluding ortho intramolecular Hbond substituents is 1. The zero-order chi connectivity index (χ0) is 16.4. The first kappa shape index (κ1) is 15.8. The second-order valence-electron chi connectivity index (χ2n) is 6.46. The molecule has 0 aromatic heterocycles. The molecule has 6 nitrogen and oxygen atoms in total. The van der Waals surface area contributed by atoms with Crippen LogP contribution in [0.5, 0.6) is 5.75 Å². The highest BCUT2D eigenvalue weighted by molar-refractivity contribution is 5.86. The fraction of sp³-hybridized carbons (Fsp3) is 0.529. The molecule has 0 saturated carbocycles. The molecule has 2 N–H and O–H groups in total. The lowest BCUT2D eigenvalue weighted by Gasteiger charge is -2.36. The highest BCUT2D eigenvalue weighted by Crippen LogP contribution is 2.26. The van der Waals surface area contributed by atoms with Gasteiger partial charge in [-0.05, 0) is 30.5 Å². The van der Waals surface area contributed by atoms with Gasteiger partial charge in [0.15, 0.2) is 0 Å². The quantitative estimate of drug-likeness (QED) is 0.874. The maximum atomic E-state index is 12.0. The van der Waals surface area contributed by atoms with Gasteiger partial charge in [0.25, 0.3) is 0 Å². The average molecular weight is 318 g/mol. The maximum absolute atomic E-state index is 12.0. The van der Waals surface area contributed by atoms with E-state index < -0.39 is 11.9 Å². The molecule has 1 aromatic rings. The molecule has 2 heterocycles. The van der Waals surface area contributed by atoms with Gasteiger partial charge in [-0.2, -0.15) is 0 Å². The first-order valence-electron chi connectivity index (χ1n) is 8.05. The predicted octanol–water partition coefficient (Wildman–Crippen LogP) is 1.29. The zero-order valence-corrected chi connectivity index (χ0v) is 13.0. The number of amides is 1. The Morgan fingerprint density at radius 3 is 2.61 bits per heavy atom. The smallest absolute Gasteiger partial charge is 0.308 e. The third kappa shape index (κ3) is 3.64. The minimum Gasteiger partial charge on any atom is -0.508 e. The van der Waals surface area contributed by atoms with Crippen LogP contribution in [0.3, 0.4) is 0 Å². The van der Waals surface area contributed by atoms with Crippen LogP contribution in [0.1, 0.15) is 24.8 Å². The average Bonchev–Trinajstić information content (AvgIpc) is 2.90. The molecule has 6 heteroatoms. The summed E-state index contributed by atoms with van der Waals surface area (Å²) in [5.41, 5.74) is 1.08. The third-order valence-electron chi connectivity index (χ3n) is 4.82. The molecule has 2 aliphatic heterocycles. The van der Waals surface area contributed by atoms with Gasteiger partial charge < -0.3 is 15.1 Å². The van der Waals surface area contributed by atoms with Crippen molar-refractivity contribution in [2.75, 3.05) is 19.6 Å². The minimum atomic E-state index is -0.873. The van der Waals surface area contributed by atoms with Crippen molar-refractivity contribution < 1.29 is 19.8 Å². The highest BCUT2D eigenvalue weighted by atomic mass is 16.4. The minimum absolute atomic E-state index is 0.0242. The largest absolute Gasteiger partial charge is 0.508 e. The van der Waals surface area contributed by atoms with E-state index >= 15 is 0 Å². The monoisotopic (exact) mass is 318 g/mol. The SMILES string of the molecule is O=C(O)C1CC(=O)N(C2CCN(Cc3cccc(O)c3)CC2)C1. The number of carbonyl (C=O) groups is 2. The Kier molecular flexibility index (Phi) is 4.52. The molecular weight excluding hydrogens is 296 g/mol. The number of carboxylic acid groups (broad SMARTS) is 1. The number of piperidine rings is 1. The summed E-state index contributed by atoms with van der Waals surface area (Å²) in [5, 5.41) is 18.6. The third-order valence-corrected chi connectivity index (χ3v) is 4.82. The van der Waals surface area contributed by atoms with Crippen LogP contribution in [0, 0.1) is 5.92 Å². The Morgan fingerprint density at radius 1 is 1.26 bits per heavy atom. The number of aromatic hydroxyl groups is 1. The van der Waals surface area contributed by atoms with Crippen LogP contribution < -0.4 is 0 Å². The molecule has 2 aliphatic rings. The van der Waals surface area contributed by atoms with Crippen molar-refractivity contribution in [1.29, 1.82) is 0 Å². The van der Waals surface area contributed by atoms with Crippen LogP contribution in [0.2, 0.25) is 0 Å². The predicted molar refractivity (Wildman–Crippen MR) is 83.9 cm³/mol. The summed E-state index contributed by atoms with van der Waals surface area (Å²) >= 11 is 0. The van der Waals surface area contributed by atoms with E-state index in [0.717, 1.165) is 38.0 Å². The van der Waals surface area contributed by atoms with Crippen molar-refractivity contribution in [2.45, 2.75) is 31.8 Å². The van der Waals surface area contributed by atoms with Crippen molar-refractivity contribution in [3.63, 3.8) is 0 Å². The molecule has 23 heavy (non-hydrogen) atoms. The summed E-state index contributed by atoms with van der Waals surface area (Å²) in [7, 11) is 0. The lowest BCUT2D eigenvalue weighted by atomic mass is 10.0. The summed E-state index contributed by atoms with van der Waals surface area (Å²) in [6.07, 6.45) is 1.88. The van der Waals surface area contributed by atoms with Crippen LogP contribution in [0.4, 0.5) is 0 Å². The second-order valence-corrected chi connectivity index (χ2v) is 6.46. The number of likely N-dealkylation sites (tertiary alicyclic amines) is 2. The van der Waals surface area contributed by atoms with Crippen LogP contribution in [-0.4, -0.2) is 57.6 Å². The van der Waals surface area contributed by atoms with Crippen molar-refractivity contribution in [1.82, 2.24) is 9.80 Å². The standard InChI is InChI=1S/C17H22N2O4/c20-15-3-1-2-12(8-15)10-18-6-4-14(5-7-18)19-11-13(17(22)23)9-16(19)21/h1-3,8,13-14,20H,4-7,9-11H2,(H,22,23). The van der Waals surface area contributed by atoms with Gasteiger partial charge in [0, 0.05) is 38.6 Å². The van der Waals surface area contributed by atoms with Gasteiger partial charge in [-0.25, -0.2) is 0 Å². The van der Waals surface area contributed by atoms with Crippen molar-refractivity contribution >= 4 is 11.9 Å². The lowest BCUT2D eigenvalue weighted by Crippen LogP contribution is -2.45. The van der Waals surface area contributed by atoms with E-state index in [0.29, 0.717) is 6.54 Å². The Hall–Kier alpha value is -2.08.